The number of esters is 1. The molecule has 0 heterocycles. The van der Waals surface area contributed by atoms with Gasteiger partial charge in [-0.2, -0.15) is 0 Å². The van der Waals surface area contributed by atoms with Gasteiger partial charge in [-0.3, -0.25) is 19.2 Å². The molecule has 0 saturated heterocycles. The van der Waals surface area contributed by atoms with Crippen LogP contribution in [-0.2, 0) is 50.1 Å². The Hall–Kier alpha value is -0.637. The first-order chi connectivity index (χ1) is 6.81. The molecule has 0 atom stereocenters. The third-order valence-electron chi connectivity index (χ3n) is 2.17. The maximum absolute atomic E-state index is 11.5. The van der Waals surface area contributed by atoms with Gasteiger partial charge in [-0.05, 0) is 27.7 Å². The van der Waals surface area contributed by atoms with Crippen LogP contribution in [0.1, 0.15) is 27.7 Å². The standard InChI is InChI=1S/C10H14O5.Zr/c1-5-15-9(14)10(6(2)11,7(3)12)8(4)13;/h5H2,1-4H3;. The number of ether oxygens (including phenoxy) is 1. The Morgan fingerprint density at radius 1 is 0.938 bits per heavy atom. The van der Waals surface area contributed by atoms with E-state index in [1.165, 1.54) is 6.92 Å². The summed E-state index contributed by atoms with van der Waals surface area (Å²) < 4.78 is 4.59. The van der Waals surface area contributed by atoms with Gasteiger partial charge >= 0.3 is 5.97 Å². The fraction of sp³-hybridized carbons (Fsp3) is 0.600. The van der Waals surface area contributed by atoms with Crippen LogP contribution in [-0.4, -0.2) is 29.9 Å². The van der Waals surface area contributed by atoms with Crippen molar-refractivity contribution in [2.24, 2.45) is 5.41 Å². The molecule has 0 fully saturated rings. The molecule has 0 saturated carbocycles. The van der Waals surface area contributed by atoms with Crippen LogP contribution in [0.15, 0.2) is 0 Å². The first-order valence-electron chi connectivity index (χ1n) is 4.52. The minimum Gasteiger partial charge on any atom is -0.465 e. The summed E-state index contributed by atoms with van der Waals surface area (Å²) >= 11 is 0. The third-order valence-corrected chi connectivity index (χ3v) is 2.17. The smallest absolute Gasteiger partial charge is 0.335 e. The molecule has 0 aromatic carbocycles. The summed E-state index contributed by atoms with van der Waals surface area (Å²) in [4.78, 5) is 45.5. The molecule has 0 amide bonds. The van der Waals surface area contributed by atoms with Gasteiger partial charge in [0.05, 0.1) is 6.61 Å². The van der Waals surface area contributed by atoms with Gasteiger partial charge in [0, 0.05) is 26.2 Å². The van der Waals surface area contributed by atoms with Gasteiger partial charge in [0.2, 0.25) is 5.41 Å². The Balaban J connectivity index is 0. The van der Waals surface area contributed by atoms with Gasteiger partial charge in [0.25, 0.3) is 0 Å². The predicted molar refractivity (Wildman–Crippen MR) is 51.1 cm³/mol. The van der Waals surface area contributed by atoms with E-state index in [-0.39, 0.29) is 32.8 Å². The van der Waals surface area contributed by atoms with Gasteiger partial charge in [-0.1, -0.05) is 0 Å². The zero-order chi connectivity index (χ0) is 12.2. The maximum atomic E-state index is 11.5. The summed E-state index contributed by atoms with van der Waals surface area (Å²) in [5.41, 5.74) is -2.27. The van der Waals surface area contributed by atoms with Crippen LogP contribution in [0.4, 0.5) is 0 Å². The predicted octanol–water partition coefficient (Wildman–Crippen LogP) is 0.300. The number of rotatable bonds is 5. The van der Waals surface area contributed by atoms with Crippen molar-refractivity contribution in [1.82, 2.24) is 0 Å². The second-order valence-electron chi connectivity index (χ2n) is 3.14. The van der Waals surface area contributed by atoms with Crippen LogP contribution in [0.2, 0.25) is 0 Å². The second-order valence-corrected chi connectivity index (χ2v) is 3.14. The molecule has 0 aliphatic heterocycles. The number of ketones is 3. The van der Waals surface area contributed by atoms with Crippen LogP contribution < -0.4 is 0 Å². The summed E-state index contributed by atoms with van der Waals surface area (Å²) in [7, 11) is 0. The van der Waals surface area contributed by atoms with Gasteiger partial charge in [0.15, 0.2) is 17.3 Å². The van der Waals surface area contributed by atoms with E-state index in [4.69, 9.17) is 0 Å². The molecule has 0 aliphatic rings. The first kappa shape index (κ1) is 17.7. The van der Waals surface area contributed by atoms with E-state index in [9.17, 15) is 19.2 Å². The van der Waals surface area contributed by atoms with E-state index in [0.29, 0.717) is 0 Å². The number of hydrogen-bond donors (Lipinski definition) is 0. The van der Waals surface area contributed by atoms with Crippen molar-refractivity contribution >= 4 is 23.3 Å². The normalized spacial score (nSPS) is 10.0. The van der Waals surface area contributed by atoms with Crippen LogP contribution in [0.25, 0.3) is 0 Å². The summed E-state index contributed by atoms with van der Waals surface area (Å²) in [6.45, 7) is 4.62. The van der Waals surface area contributed by atoms with Gasteiger partial charge in [-0.15, -0.1) is 0 Å². The minimum absolute atomic E-state index is 0. The third kappa shape index (κ3) is 2.94. The minimum atomic E-state index is -2.27. The van der Waals surface area contributed by atoms with Crippen molar-refractivity contribution in [2.45, 2.75) is 27.7 Å². The van der Waals surface area contributed by atoms with E-state index in [0.717, 1.165) is 20.8 Å². The summed E-state index contributed by atoms with van der Waals surface area (Å²) in [5.74, 6) is -3.50. The molecule has 88 valence electrons. The Morgan fingerprint density at radius 2 is 1.25 bits per heavy atom. The Morgan fingerprint density at radius 3 is 1.44 bits per heavy atom. The largest absolute Gasteiger partial charge is 0.465 e. The molecular formula is C10H14O5Zr. The number of Topliss-reactive ketones (excluding diaryl/α,β-unsaturated/α-hetero) is 3. The van der Waals surface area contributed by atoms with Crippen LogP contribution >= 0.6 is 0 Å². The number of hydrogen-bond acceptors (Lipinski definition) is 5. The fourth-order valence-electron chi connectivity index (χ4n) is 1.41. The fourth-order valence-corrected chi connectivity index (χ4v) is 1.41. The quantitative estimate of drug-likeness (QED) is 0.539. The van der Waals surface area contributed by atoms with Crippen molar-refractivity contribution in [3.8, 4) is 0 Å². The van der Waals surface area contributed by atoms with Crippen LogP contribution in [0.5, 0.6) is 0 Å². The summed E-state index contributed by atoms with van der Waals surface area (Å²) in [6, 6.07) is 0. The van der Waals surface area contributed by atoms with Gasteiger partial charge in [-0.25, -0.2) is 0 Å². The molecule has 6 heteroatoms. The van der Waals surface area contributed by atoms with Gasteiger partial charge in [0.1, 0.15) is 0 Å². The molecular weight excluding hydrogens is 291 g/mol. The van der Waals surface area contributed by atoms with Crippen molar-refractivity contribution < 1.29 is 50.1 Å². The Kier molecular flexibility index (Phi) is 7.59. The molecule has 0 aromatic heterocycles. The van der Waals surface area contributed by atoms with Crippen molar-refractivity contribution in [3.05, 3.63) is 0 Å². The molecule has 5 nitrogen and oxygen atoms in total. The van der Waals surface area contributed by atoms with E-state index in [2.05, 4.69) is 4.74 Å². The van der Waals surface area contributed by atoms with Crippen LogP contribution in [0, 0.1) is 5.41 Å². The number of carbonyl (C=O) groups excluding carboxylic acids is 4. The maximum Gasteiger partial charge on any atom is 0.335 e. The summed E-state index contributed by atoms with van der Waals surface area (Å²) in [6.07, 6.45) is 0. The monoisotopic (exact) mass is 304 g/mol. The Labute approximate surface area is 113 Å². The zero-order valence-electron chi connectivity index (χ0n) is 9.75. The molecule has 0 rings (SSSR count). The van der Waals surface area contributed by atoms with E-state index < -0.39 is 28.7 Å². The molecule has 0 unspecified atom stereocenters. The van der Waals surface area contributed by atoms with E-state index in [1.807, 2.05) is 0 Å². The summed E-state index contributed by atoms with van der Waals surface area (Å²) in [5, 5.41) is 0. The molecule has 16 heavy (non-hydrogen) atoms. The number of carbonyl (C=O) groups is 4. The van der Waals surface area contributed by atoms with Crippen molar-refractivity contribution in [3.63, 3.8) is 0 Å². The molecule has 0 spiro atoms. The van der Waals surface area contributed by atoms with E-state index >= 15 is 0 Å². The zero-order valence-corrected chi connectivity index (χ0v) is 12.2. The molecule has 0 N–H and O–H groups in total. The van der Waals surface area contributed by atoms with Crippen molar-refractivity contribution in [2.75, 3.05) is 6.61 Å². The topological polar surface area (TPSA) is 77.5 Å². The Bertz CT molecular complexity index is 285. The van der Waals surface area contributed by atoms with Crippen LogP contribution in [0.3, 0.4) is 0 Å². The SMILES string of the molecule is CCOC(=O)C(C(C)=O)(C(C)=O)C(C)=O.[Zr]. The molecule has 0 aliphatic carbocycles. The molecule has 0 aromatic rings. The van der Waals surface area contributed by atoms with Crippen molar-refractivity contribution in [1.29, 1.82) is 0 Å². The first-order valence-corrected chi connectivity index (χ1v) is 4.52. The average Bonchev–Trinajstić information content (AvgIpc) is 2.02. The molecule has 0 radical (unpaired) electrons. The molecule has 0 bridgehead atoms. The average molecular weight is 305 g/mol. The van der Waals surface area contributed by atoms with Gasteiger partial charge < -0.3 is 4.74 Å². The second kappa shape index (κ2) is 6.84. The van der Waals surface area contributed by atoms with E-state index in [1.54, 1.807) is 0 Å².